The molecule has 0 aliphatic carbocycles. The highest BCUT2D eigenvalue weighted by molar-refractivity contribution is 5.96. The molecular weight excluding hydrogens is 374 g/mol. The maximum atomic E-state index is 12.0. The number of para-hydroxylation sites is 1. The van der Waals surface area contributed by atoms with Crippen LogP contribution in [-0.2, 0) is 4.79 Å². The van der Waals surface area contributed by atoms with E-state index in [0.29, 0.717) is 5.75 Å². The third kappa shape index (κ3) is 5.16. The lowest BCUT2D eigenvalue weighted by atomic mass is 10.1. The number of nitrogens with one attached hydrogen (secondary N) is 2. The van der Waals surface area contributed by atoms with E-state index in [2.05, 4.69) is 10.9 Å². The monoisotopic (exact) mass is 391 g/mol. The smallest absolute Gasteiger partial charge is 0.276 e. The van der Waals surface area contributed by atoms with Gasteiger partial charge in [0.15, 0.2) is 6.61 Å². The second kappa shape index (κ2) is 9.14. The number of hydrogen-bond acceptors (Lipinski definition) is 5. The molecule has 0 aliphatic heterocycles. The van der Waals surface area contributed by atoms with Gasteiger partial charge in [-0.2, -0.15) is 0 Å². The lowest BCUT2D eigenvalue weighted by molar-refractivity contribution is -0.384. The van der Waals surface area contributed by atoms with Crippen molar-refractivity contribution in [3.8, 4) is 16.9 Å². The molecule has 0 aliphatic rings. The van der Waals surface area contributed by atoms with Gasteiger partial charge in [0.1, 0.15) is 5.75 Å². The van der Waals surface area contributed by atoms with E-state index < -0.39 is 16.7 Å². The van der Waals surface area contributed by atoms with Crippen LogP contribution < -0.4 is 15.6 Å². The zero-order valence-electron chi connectivity index (χ0n) is 15.2. The van der Waals surface area contributed by atoms with E-state index in [1.165, 1.54) is 18.2 Å². The summed E-state index contributed by atoms with van der Waals surface area (Å²) in [5.74, 6) is -0.725. The molecule has 0 bridgehead atoms. The molecule has 0 unspecified atom stereocenters. The van der Waals surface area contributed by atoms with Crippen LogP contribution in [0.4, 0.5) is 5.69 Å². The topological polar surface area (TPSA) is 111 Å². The number of rotatable bonds is 6. The van der Waals surface area contributed by atoms with Gasteiger partial charge in [-0.25, -0.2) is 0 Å². The van der Waals surface area contributed by atoms with Crippen LogP contribution in [0.5, 0.6) is 5.75 Å². The van der Waals surface area contributed by atoms with Crippen LogP contribution in [0.15, 0.2) is 78.9 Å². The highest BCUT2D eigenvalue weighted by Gasteiger charge is 2.13. The van der Waals surface area contributed by atoms with Crippen LogP contribution >= 0.6 is 0 Å². The van der Waals surface area contributed by atoms with Crippen molar-refractivity contribution < 1.29 is 19.2 Å². The molecule has 146 valence electrons. The number of nitrogens with zero attached hydrogens (tertiary/aromatic N) is 1. The van der Waals surface area contributed by atoms with Gasteiger partial charge in [-0.1, -0.05) is 54.6 Å². The average molecular weight is 391 g/mol. The summed E-state index contributed by atoms with van der Waals surface area (Å²) in [6.07, 6.45) is 0. The predicted molar refractivity (Wildman–Crippen MR) is 106 cm³/mol. The molecule has 0 saturated heterocycles. The Morgan fingerprint density at radius 1 is 0.897 bits per heavy atom. The first kappa shape index (κ1) is 19.6. The molecule has 0 saturated carbocycles. The van der Waals surface area contributed by atoms with Gasteiger partial charge in [-0.05, 0) is 17.7 Å². The molecule has 0 radical (unpaired) electrons. The highest BCUT2D eigenvalue weighted by Crippen LogP contribution is 2.29. The Balaban J connectivity index is 1.57. The van der Waals surface area contributed by atoms with Gasteiger partial charge in [0.2, 0.25) is 0 Å². The number of ether oxygens (including phenoxy) is 1. The van der Waals surface area contributed by atoms with Crippen molar-refractivity contribution in [2.75, 3.05) is 6.61 Å². The third-order valence-corrected chi connectivity index (χ3v) is 3.97. The quantitative estimate of drug-likeness (QED) is 0.495. The number of nitro groups is 1. The van der Waals surface area contributed by atoms with Crippen molar-refractivity contribution in [1.29, 1.82) is 0 Å². The summed E-state index contributed by atoms with van der Waals surface area (Å²) < 4.78 is 5.59. The van der Waals surface area contributed by atoms with Crippen molar-refractivity contribution in [3.05, 3.63) is 94.5 Å². The molecule has 2 amide bonds. The van der Waals surface area contributed by atoms with E-state index in [1.807, 2.05) is 42.5 Å². The van der Waals surface area contributed by atoms with Crippen molar-refractivity contribution in [2.45, 2.75) is 0 Å². The number of hydrogen-bond donors (Lipinski definition) is 2. The molecule has 8 nitrogen and oxygen atoms in total. The normalized spacial score (nSPS) is 10.1. The number of carbonyl (C=O) groups excluding carboxylic acids is 2. The molecule has 0 heterocycles. The number of carbonyl (C=O) groups is 2. The van der Waals surface area contributed by atoms with Gasteiger partial charge in [-0.15, -0.1) is 0 Å². The lowest BCUT2D eigenvalue weighted by Gasteiger charge is -2.12. The fourth-order valence-corrected chi connectivity index (χ4v) is 2.59. The zero-order valence-corrected chi connectivity index (χ0v) is 15.2. The summed E-state index contributed by atoms with van der Waals surface area (Å²) in [4.78, 5) is 34.2. The van der Waals surface area contributed by atoms with Crippen LogP contribution in [-0.4, -0.2) is 23.3 Å². The molecule has 8 heteroatoms. The fourth-order valence-electron chi connectivity index (χ4n) is 2.59. The summed E-state index contributed by atoms with van der Waals surface area (Å²) in [6.45, 7) is -0.320. The largest absolute Gasteiger partial charge is 0.483 e. The van der Waals surface area contributed by atoms with Crippen LogP contribution in [0.2, 0.25) is 0 Å². The number of benzene rings is 3. The second-order valence-electron chi connectivity index (χ2n) is 5.96. The molecule has 3 rings (SSSR count). The Morgan fingerprint density at radius 2 is 1.62 bits per heavy atom. The molecular formula is C21H17N3O5. The van der Waals surface area contributed by atoms with Crippen LogP contribution in [0.25, 0.3) is 11.1 Å². The molecule has 2 N–H and O–H groups in total. The van der Waals surface area contributed by atoms with Gasteiger partial charge in [0.05, 0.1) is 4.92 Å². The molecule has 0 atom stereocenters. The van der Waals surface area contributed by atoms with Gasteiger partial charge in [0, 0.05) is 23.3 Å². The summed E-state index contributed by atoms with van der Waals surface area (Å²) in [5, 5.41) is 10.8. The first-order chi connectivity index (χ1) is 14.0. The van der Waals surface area contributed by atoms with Crippen molar-refractivity contribution in [2.24, 2.45) is 0 Å². The van der Waals surface area contributed by atoms with E-state index in [-0.39, 0.29) is 17.9 Å². The summed E-state index contributed by atoms with van der Waals surface area (Å²) in [6, 6.07) is 22.1. The predicted octanol–water partition coefficient (Wildman–Crippen LogP) is 3.10. The van der Waals surface area contributed by atoms with Crippen molar-refractivity contribution in [1.82, 2.24) is 10.9 Å². The van der Waals surface area contributed by atoms with Gasteiger partial charge in [-0.3, -0.25) is 30.6 Å². The number of nitro benzene ring substituents is 1. The van der Waals surface area contributed by atoms with Gasteiger partial charge < -0.3 is 4.74 Å². The molecule has 0 spiro atoms. The minimum absolute atomic E-state index is 0.0508. The maximum Gasteiger partial charge on any atom is 0.276 e. The van der Waals surface area contributed by atoms with Crippen molar-refractivity contribution in [3.63, 3.8) is 0 Å². The summed E-state index contributed by atoms with van der Waals surface area (Å²) >= 11 is 0. The number of hydrazine groups is 1. The fraction of sp³-hybridized carbons (Fsp3) is 0.0476. The van der Waals surface area contributed by atoms with E-state index in [0.717, 1.165) is 17.2 Å². The molecule has 29 heavy (non-hydrogen) atoms. The van der Waals surface area contributed by atoms with E-state index in [4.69, 9.17) is 4.74 Å². The first-order valence-corrected chi connectivity index (χ1v) is 8.65. The van der Waals surface area contributed by atoms with Crippen LogP contribution in [0.1, 0.15) is 10.4 Å². The molecule has 0 fully saturated rings. The summed E-state index contributed by atoms with van der Waals surface area (Å²) in [7, 11) is 0. The molecule has 3 aromatic rings. The van der Waals surface area contributed by atoms with Gasteiger partial charge in [0.25, 0.3) is 17.5 Å². The van der Waals surface area contributed by atoms with E-state index in [1.54, 1.807) is 12.1 Å². The minimum atomic E-state index is -0.674. The second-order valence-corrected chi connectivity index (χ2v) is 5.96. The van der Waals surface area contributed by atoms with E-state index in [9.17, 15) is 19.7 Å². The summed E-state index contributed by atoms with van der Waals surface area (Å²) in [5.41, 5.74) is 6.05. The Labute approximate surface area is 166 Å². The average Bonchev–Trinajstić information content (AvgIpc) is 2.77. The van der Waals surface area contributed by atoms with E-state index >= 15 is 0 Å². The zero-order chi connectivity index (χ0) is 20.6. The SMILES string of the molecule is O=C(COc1ccccc1-c1ccccc1)NNC(=O)c1cccc([N+](=O)[O-])c1. The Bertz CT molecular complexity index is 1040. The Hall–Kier alpha value is -4.20. The van der Waals surface area contributed by atoms with Crippen LogP contribution in [0.3, 0.4) is 0 Å². The van der Waals surface area contributed by atoms with Crippen molar-refractivity contribution >= 4 is 17.5 Å². The Kier molecular flexibility index (Phi) is 6.16. The van der Waals surface area contributed by atoms with Crippen LogP contribution in [0, 0.1) is 10.1 Å². The lowest BCUT2D eigenvalue weighted by Crippen LogP contribution is -2.43. The van der Waals surface area contributed by atoms with Gasteiger partial charge >= 0.3 is 0 Å². The first-order valence-electron chi connectivity index (χ1n) is 8.65. The maximum absolute atomic E-state index is 12.0. The highest BCUT2D eigenvalue weighted by atomic mass is 16.6. The molecule has 3 aromatic carbocycles. The minimum Gasteiger partial charge on any atom is -0.483 e. The number of amides is 2. The molecule has 0 aromatic heterocycles. The standard InChI is InChI=1S/C21H17N3O5/c25-20(22-23-21(26)16-9-6-10-17(13-16)24(27)28)14-29-19-12-5-4-11-18(19)15-7-2-1-3-8-15/h1-13H,14H2,(H,22,25)(H,23,26). The number of non-ortho nitro benzene ring substituents is 1. The Morgan fingerprint density at radius 3 is 2.38 bits per heavy atom. The third-order valence-electron chi connectivity index (χ3n) is 3.97.